The molecular formula is C19H29N5O. The van der Waals surface area contributed by atoms with Crippen molar-refractivity contribution in [1.29, 1.82) is 0 Å². The molecule has 0 bridgehead atoms. The highest BCUT2D eigenvalue weighted by Gasteiger charge is 2.26. The molecule has 3 heterocycles. The lowest BCUT2D eigenvalue weighted by molar-refractivity contribution is 0.172. The molecule has 2 aromatic rings. The average Bonchev–Trinajstić information content (AvgIpc) is 3.03. The summed E-state index contributed by atoms with van der Waals surface area (Å²) >= 11 is 0. The van der Waals surface area contributed by atoms with E-state index in [9.17, 15) is 5.11 Å². The number of hydrogen-bond acceptors (Lipinski definition) is 4. The number of aliphatic hydroxyl groups excluding tert-OH is 1. The molecule has 25 heavy (non-hydrogen) atoms. The molecule has 0 saturated heterocycles. The maximum Gasteiger partial charge on any atom is 0.139 e. The predicted molar refractivity (Wildman–Crippen MR) is 96.0 cm³/mol. The van der Waals surface area contributed by atoms with Crippen molar-refractivity contribution in [3.8, 4) is 0 Å². The number of aromatic nitrogens is 4. The van der Waals surface area contributed by atoms with Gasteiger partial charge in [0.2, 0.25) is 0 Å². The van der Waals surface area contributed by atoms with E-state index in [1.54, 1.807) is 10.9 Å². The lowest BCUT2D eigenvalue weighted by Gasteiger charge is -2.29. The van der Waals surface area contributed by atoms with Gasteiger partial charge in [-0.15, -0.1) is 0 Å². The second-order valence-electron chi connectivity index (χ2n) is 7.54. The van der Waals surface area contributed by atoms with Crippen LogP contribution in [0.15, 0.2) is 18.3 Å². The molecule has 4 rings (SSSR count). The Morgan fingerprint density at radius 3 is 2.64 bits per heavy atom. The molecule has 0 unspecified atom stereocenters. The van der Waals surface area contributed by atoms with Crippen molar-refractivity contribution in [3.63, 3.8) is 0 Å². The van der Waals surface area contributed by atoms with E-state index in [2.05, 4.69) is 20.7 Å². The molecule has 6 nitrogen and oxygen atoms in total. The highest BCUT2D eigenvalue weighted by Crippen LogP contribution is 2.27. The lowest BCUT2D eigenvalue weighted by atomic mass is 10.1. The zero-order chi connectivity index (χ0) is 17.2. The third-order valence-corrected chi connectivity index (χ3v) is 5.82. The van der Waals surface area contributed by atoms with Gasteiger partial charge >= 0.3 is 0 Å². The zero-order valence-corrected chi connectivity index (χ0v) is 15.1. The van der Waals surface area contributed by atoms with Crippen LogP contribution < -0.4 is 0 Å². The first kappa shape index (κ1) is 16.8. The molecule has 0 aromatic carbocycles. The normalized spacial score (nSPS) is 21.5. The van der Waals surface area contributed by atoms with E-state index >= 15 is 0 Å². The zero-order valence-electron chi connectivity index (χ0n) is 15.1. The van der Waals surface area contributed by atoms with Crippen LogP contribution >= 0.6 is 0 Å². The molecule has 1 atom stereocenters. The van der Waals surface area contributed by atoms with Gasteiger partial charge in [0.15, 0.2) is 0 Å². The summed E-state index contributed by atoms with van der Waals surface area (Å²) in [7, 11) is 1.85. The number of aliphatic hydroxyl groups is 1. The van der Waals surface area contributed by atoms with E-state index < -0.39 is 6.10 Å². The highest BCUT2D eigenvalue weighted by molar-refractivity contribution is 5.21. The maximum atomic E-state index is 10.7. The second-order valence-corrected chi connectivity index (χ2v) is 7.54. The fourth-order valence-corrected chi connectivity index (χ4v) is 4.38. The minimum atomic E-state index is -0.710. The quantitative estimate of drug-likeness (QED) is 0.871. The molecule has 1 aliphatic heterocycles. The fraction of sp³-hybridized carbons (Fsp3) is 0.684. The summed E-state index contributed by atoms with van der Waals surface area (Å²) in [6.07, 6.45) is 10.3. The first-order valence-corrected chi connectivity index (χ1v) is 9.69. The van der Waals surface area contributed by atoms with E-state index in [0.717, 1.165) is 43.5 Å². The van der Waals surface area contributed by atoms with E-state index in [0.29, 0.717) is 0 Å². The summed E-state index contributed by atoms with van der Waals surface area (Å²) in [5.74, 6) is 0. The van der Waals surface area contributed by atoms with Gasteiger partial charge in [0.25, 0.3) is 0 Å². The summed E-state index contributed by atoms with van der Waals surface area (Å²) < 4.78 is 3.82. The van der Waals surface area contributed by atoms with Gasteiger partial charge in [-0.1, -0.05) is 25.7 Å². The van der Waals surface area contributed by atoms with Crippen LogP contribution in [0, 0.1) is 0 Å². The van der Waals surface area contributed by atoms with Crippen LogP contribution in [-0.2, 0) is 20.1 Å². The molecular weight excluding hydrogens is 314 g/mol. The molecule has 1 saturated carbocycles. The van der Waals surface area contributed by atoms with Crippen molar-refractivity contribution in [1.82, 2.24) is 24.5 Å². The maximum absolute atomic E-state index is 10.7. The molecule has 1 N–H and O–H groups in total. The topological polar surface area (TPSA) is 59.1 Å². The third kappa shape index (κ3) is 3.51. The van der Waals surface area contributed by atoms with Gasteiger partial charge in [0.05, 0.1) is 17.1 Å². The fourth-order valence-electron chi connectivity index (χ4n) is 4.38. The Hall–Kier alpha value is -1.66. The molecule has 6 heteroatoms. The van der Waals surface area contributed by atoms with Gasteiger partial charge < -0.3 is 5.11 Å². The van der Waals surface area contributed by atoms with Gasteiger partial charge in [-0.05, 0) is 31.4 Å². The van der Waals surface area contributed by atoms with Crippen molar-refractivity contribution in [2.45, 2.75) is 70.2 Å². The number of hydrogen-bond donors (Lipinski definition) is 1. The monoisotopic (exact) mass is 343 g/mol. The minimum Gasteiger partial charge on any atom is -0.380 e. The number of aryl methyl sites for hydroxylation is 2. The first-order chi connectivity index (χ1) is 12.2. The van der Waals surface area contributed by atoms with Crippen molar-refractivity contribution in [2.75, 3.05) is 6.54 Å². The molecule has 2 aromatic heterocycles. The molecule has 0 amide bonds. The Morgan fingerprint density at radius 2 is 1.92 bits per heavy atom. The van der Waals surface area contributed by atoms with Crippen LogP contribution in [0.3, 0.4) is 0 Å². The van der Waals surface area contributed by atoms with E-state index in [1.807, 2.05) is 13.1 Å². The van der Waals surface area contributed by atoms with Crippen LogP contribution in [-0.4, -0.2) is 42.2 Å². The Bertz CT molecular complexity index is 698. The van der Waals surface area contributed by atoms with Gasteiger partial charge in [-0.2, -0.15) is 10.2 Å². The minimum absolute atomic E-state index is 0.710. The standard InChI is InChI=1S/C19H29N5O/c1-22-18(9-10-20-22)19(25)17-13-16-14-23(11-6-12-24(16)21-17)15-7-4-2-3-5-8-15/h9-10,13,15,19,25H,2-8,11-12,14H2,1H3/t19-/m1/s1. The largest absolute Gasteiger partial charge is 0.380 e. The second kappa shape index (κ2) is 7.30. The van der Waals surface area contributed by atoms with Crippen LogP contribution in [0.1, 0.15) is 68.1 Å². The summed E-state index contributed by atoms with van der Waals surface area (Å²) in [5.41, 5.74) is 2.76. The van der Waals surface area contributed by atoms with E-state index in [1.165, 1.54) is 44.2 Å². The summed E-state index contributed by atoms with van der Waals surface area (Å²) in [5, 5.41) is 19.5. The van der Waals surface area contributed by atoms with Crippen LogP contribution in [0.5, 0.6) is 0 Å². The van der Waals surface area contributed by atoms with Crippen molar-refractivity contribution >= 4 is 0 Å². The Labute approximate surface area is 149 Å². The summed E-state index contributed by atoms with van der Waals surface area (Å²) in [6.45, 7) is 3.06. The average molecular weight is 343 g/mol. The van der Waals surface area contributed by atoms with Gasteiger partial charge in [0.1, 0.15) is 6.10 Å². The Morgan fingerprint density at radius 1 is 1.12 bits per heavy atom. The first-order valence-electron chi connectivity index (χ1n) is 9.69. The van der Waals surface area contributed by atoms with Crippen molar-refractivity contribution < 1.29 is 5.11 Å². The number of fused-ring (bicyclic) bond motifs is 1. The third-order valence-electron chi connectivity index (χ3n) is 5.82. The predicted octanol–water partition coefficient (Wildman–Crippen LogP) is 2.63. The molecule has 136 valence electrons. The SMILES string of the molecule is Cn1nccc1[C@H](O)c1cc2n(n1)CCCN(C1CCCCCC1)C2. The van der Waals surface area contributed by atoms with Gasteiger partial charge in [-0.3, -0.25) is 14.3 Å². The molecule has 2 aliphatic rings. The van der Waals surface area contributed by atoms with E-state index in [4.69, 9.17) is 5.10 Å². The number of rotatable bonds is 3. The molecule has 1 fully saturated rings. The lowest BCUT2D eigenvalue weighted by Crippen LogP contribution is -2.34. The van der Waals surface area contributed by atoms with Crippen molar-refractivity contribution in [2.24, 2.45) is 7.05 Å². The smallest absolute Gasteiger partial charge is 0.139 e. The van der Waals surface area contributed by atoms with Crippen LogP contribution in [0.2, 0.25) is 0 Å². The van der Waals surface area contributed by atoms with Gasteiger partial charge in [0, 0.05) is 38.9 Å². The van der Waals surface area contributed by atoms with Gasteiger partial charge in [-0.25, -0.2) is 0 Å². The summed E-state index contributed by atoms with van der Waals surface area (Å²) in [4.78, 5) is 2.66. The van der Waals surface area contributed by atoms with Crippen molar-refractivity contribution in [3.05, 3.63) is 35.4 Å². The number of nitrogens with zero attached hydrogens (tertiary/aromatic N) is 5. The molecule has 0 radical (unpaired) electrons. The Kier molecular flexibility index (Phi) is 4.90. The molecule has 0 spiro atoms. The Balaban J connectivity index is 1.53. The van der Waals surface area contributed by atoms with Crippen LogP contribution in [0.4, 0.5) is 0 Å². The van der Waals surface area contributed by atoms with Crippen LogP contribution in [0.25, 0.3) is 0 Å². The molecule has 1 aliphatic carbocycles. The highest BCUT2D eigenvalue weighted by atomic mass is 16.3. The van der Waals surface area contributed by atoms with E-state index in [-0.39, 0.29) is 0 Å². The summed E-state index contributed by atoms with van der Waals surface area (Å²) in [6, 6.07) is 4.66.